The molecule has 3 atom stereocenters. The minimum atomic E-state index is 0.485. The lowest BCUT2D eigenvalue weighted by molar-refractivity contribution is 0.230. The molecule has 0 amide bonds. The van der Waals surface area contributed by atoms with Crippen LogP contribution in [0.4, 0.5) is 0 Å². The van der Waals surface area contributed by atoms with E-state index in [9.17, 15) is 0 Å². The molecule has 2 rings (SSSR count). The minimum absolute atomic E-state index is 0.485. The van der Waals surface area contributed by atoms with E-state index in [0.717, 1.165) is 24.8 Å². The van der Waals surface area contributed by atoms with Crippen LogP contribution in [0.15, 0.2) is 12.4 Å². The van der Waals surface area contributed by atoms with Crippen LogP contribution in [0, 0.1) is 11.8 Å². The van der Waals surface area contributed by atoms with Gasteiger partial charge < -0.3 is 5.32 Å². The van der Waals surface area contributed by atoms with E-state index in [4.69, 9.17) is 0 Å². The predicted octanol–water partition coefficient (Wildman–Crippen LogP) is 3.38. The Bertz CT molecular complexity index is 358. The monoisotopic (exact) mass is 249 g/mol. The van der Waals surface area contributed by atoms with E-state index < -0.39 is 0 Å². The first-order chi connectivity index (χ1) is 8.74. The van der Waals surface area contributed by atoms with Crippen molar-refractivity contribution in [3.8, 4) is 0 Å². The van der Waals surface area contributed by atoms with Crippen LogP contribution < -0.4 is 5.32 Å². The van der Waals surface area contributed by atoms with Crippen molar-refractivity contribution in [3.05, 3.63) is 18.0 Å². The van der Waals surface area contributed by atoms with Crippen LogP contribution >= 0.6 is 0 Å². The Kier molecular flexibility index (Phi) is 4.81. The Morgan fingerprint density at radius 3 is 3.00 bits per heavy atom. The summed E-state index contributed by atoms with van der Waals surface area (Å²) in [6.45, 7) is 5.61. The highest BCUT2D eigenvalue weighted by molar-refractivity contribution is 5.12. The van der Waals surface area contributed by atoms with Crippen LogP contribution in [0.2, 0.25) is 0 Å². The van der Waals surface area contributed by atoms with Crippen LogP contribution in [0.5, 0.6) is 0 Å². The molecule has 102 valence electrons. The highest BCUT2D eigenvalue weighted by atomic mass is 15.3. The number of aromatic nitrogens is 2. The zero-order valence-corrected chi connectivity index (χ0v) is 12.0. The third kappa shape index (κ3) is 3.14. The van der Waals surface area contributed by atoms with Crippen LogP contribution in [-0.4, -0.2) is 16.8 Å². The fourth-order valence-corrected chi connectivity index (χ4v) is 3.35. The third-order valence-corrected chi connectivity index (χ3v) is 4.22. The third-order valence-electron chi connectivity index (χ3n) is 4.22. The second-order valence-electron chi connectivity index (χ2n) is 5.83. The molecule has 1 aromatic rings. The normalized spacial score (nSPS) is 26.2. The Hall–Kier alpha value is -0.830. The van der Waals surface area contributed by atoms with Gasteiger partial charge in [-0.15, -0.1) is 0 Å². The first-order valence-corrected chi connectivity index (χ1v) is 7.44. The van der Waals surface area contributed by atoms with E-state index in [-0.39, 0.29) is 0 Å². The van der Waals surface area contributed by atoms with Crippen LogP contribution in [0.1, 0.15) is 57.6 Å². The van der Waals surface area contributed by atoms with Crippen molar-refractivity contribution in [1.82, 2.24) is 15.1 Å². The Balaban J connectivity index is 2.06. The zero-order chi connectivity index (χ0) is 13.0. The lowest BCUT2D eigenvalue weighted by Crippen LogP contribution is -2.28. The van der Waals surface area contributed by atoms with Gasteiger partial charge in [0.25, 0.3) is 0 Å². The van der Waals surface area contributed by atoms with Gasteiger partial charge in [0.05, 0.1) is 6.20 Å². The van der Waals surface area contributed by atoms with Gasteiger partial charge in [0.1, 0.15) is 0 Å². The maximum atomic E-state index is 4.47. The second kappa shape index (κ2) is 6.37. The summed E-state index contributed by atoms with van der Waals surface area (Å²) in [6.07, 6.45) is 10.9. The second-order valence-corrected chi connectivity index (χ2v) is 5.83. The average Bonchev–Trinajstić information content (AvgIpc) is 2.79. The molecule has 1 aliphatic carbocycles. The molecular formula is C15H27N3. The molecule has 1 aliphatic rings. The molecule has 3 nitrogen and oxygen atoms in total. The molecule has 1 aromatic heterocycles. The lowest BCUT2D eigenvalue weighted by atomic mass is 9.77. The summed E-state index contributed by atoms with van der Waals surface area (Å²) in [5, 5.41) is 7.98. The van der Waals surface area contributed by atoms with Crippen molar-refractivity contribution in [3.63, 3.8) is 0 Å². The molecule has 0 aliphatic heterocycles. The molecule has 0 spiro atoms. The molecule has 3 unspecified atom stereocenters. The molecule has 1 N–H and O–H groups in total. The Morgan fingerprint density at radius 1 is 1.50 bits per heavy atom. The molecule has 1 fully saturated rings. The summed E-state index contributed by atoms with van der Waals surface area (Å²) < 4.78 is 2.08. The molecule has 0 radical (unpaired) electrons. The molecule has 0 saturated heterocycles. The summed E-state index contributed by atoms with van der Waals surface area (Å²) in [5.41, 5.74) is 1.37. The van der Waals surface area contributed by atoms with Crippen molar-refractivity contribution >= 4 is 0 Å². The first-order valence-electron chi connectivity index (χ1n) is 7.44. The van der Waals surface area contributed by atoms with Crippen molar-refractivity contribution in [1.29, 1.82) is 0 Å². The summed E-state index contributed by atoms with van der Waals surface area (Å²) in [5.74, 6) is 1.66. The molecule has 0 bridgehead atoms. The summed E-state index contributed by atoms with van der Waals surface area (Å²) in [6, 6.07) is 0.485. The SMILES string of the molecule is CCCn1cc(C(NC)C2CCCC(C)C2)cn1. The predicted molar refractivity (Wildman–Crippen MR) is 75.4 cm³/mol. The molecule has 0 aromatic carbocycles. The molecule has 3 heteroatoms. The van der Waals surface area contributed by atoms with Gasteiger partial charge in [-0.25, -0.2) is 0 Å². The maximum absolute atomic E-state index is 4.47. The standard InChI is InChI=1S/C15H27N3/c1-4-8-18-11-14(10-17-18)15(16-3)13-7-5-6-12(2)9-13/h10-13,15-16H,4-9H2,1-3H3. The summed E-state index contributed by atoms with van der Waals surface area (Å²) in [7, 11) is 2.08. The number of rotatable bonds is 5. The van der Waals surface area contributed by atoms with Gasteiger partial charge in [0.15, 0.2) is 0 Å². The number of nitrogens with zero attached hydrogens (tertiary/aromatic N) is 2. The van der Waals surface area contributed by atoms with Gasteiger partial charge in [-0.1, -0.05) is 26.7 Å². The van der Waals surface area contributed by atoms with Crippen LogP contribution in [0.25, 0.3) is 0 Å². The number of aryl methyl sites for hydroxylation is 1. The van der Waals surface area contributed by atoms with E-state index in [1.807, 2.05) is 0 Å². The largest absolute Gasteiger partial charge is 0.313 e. The lowest BCUT2D eigenvalue weighted by Gasteiger charge is -2.32. The minimum Gasteiger partial charge on any atom is -0.313 e. The fourth-order valence-electron chi connectivity index (χ4n) is 3.35. The smallest absolute Gasteiger partial charge is 0.0537 e. The van der Waals surface area contributed by atoms with E-state index in [2.05, 4.69) is 48.4 Å². The Morgan fingerprint density at radius 2 is 2.33 bits per heavy atom. The van der Waals surface area contributed by atoms with Gasteiger partial charge in [-0.2, -0.15) is 5.10 Å². The maximum Gasteiger partial charge on any atom is 0.0537 e. The van der Waals surface area contributed by atoms with Gasteiger partial charge in [0.2, 0.25) is 0 Å². The average molecular weight is 249 g/mol. The molecular weight excluding hydrogens is 222 g/mol. The van der Waals surface area contributed by atoms with Gasteiger partial charge in [0, 0.05) is 24.3 Å². The van der Waals surface area contributed by atoms with E-state index in [0.29, 0.717) is 6.04 Å². The van der Waals surface area contributed by atoms with Crippen LogP contribution in [0.3, 0.4) is 0 Å². The quantitative estimate of drug-likeness (QED) is 0.867. The van der Waals surface area contributed by atoms with Gasteiger partial charge >= 0.3 is 0 Å². The molecule has 18 heavy (non-hydrogen) atoms. The van der Waals surface area contributed by atoms with Gasteiger partial charge in [-0.05, 0) is 38.1 Å². The van der Waals surface area contributed by atoms with Gasteiger partial charge in [-0.3, -0.25) is 4.68 Å². The summed E-state index contributed by atoms with van der Waals surface area (Å²) >= 11 is 0. The zero-order valence-electron chi connectivity index (χ0n) is 12.0. The van der Waals surface area contributed by atoms with Crippen molar-refractivity contribution in [2.75, 3.05) is 7.05 Å². The van der Waals surface area contributed by atoms with Crippen molar-refractivity contribution < 1.29 is 0 Å². The van der Waals surface area contributed by atoms with E-state index >= 15 is 0 Å². The van der Waals surface area contributed by atoms with E-state index in [1.165, 1.54) is 31.2 Å². The van der Waals surface area contributed by atoms with Crippen LogP contribution in [-0.2, 0) is 6.54 Å². The fraction of sp³-hybridized carbons (Fsp3) is 0.800. The number of hydrogen-bond acceptors (Lipinski definition) is 2. The highest BCUT2D eigenvalue weighted by Crippen LogP contribution is 2.36. The van der Waals surface area contributed by atoms with Crippen molar-refractivity contribution in [2.45, 2.75) is 58.5 Å². The summed E-state index contributed by atoms with van der Waals surface area (Å²) in [4.78, 5) is 0. The molecule has 1 heterocycles. The first kappa shape index (κ1) is 13.6. The highest BCUT2D eigenvalue weighted by Gasteiger charge is 2.27. The number of hydrogen-bond donors (Lipinski definition) is 1. The van der Waals surface area contributed by atoms with Crippen molar-refractivity contribution in [2.24, 2.45) is 11.8 Å². The Labute approximate surface area is 111 Å². The number of nitrogens with one attached hydrogen (secondary N) is 1. The van der Waals surface area contributed by atoms with E-state index in [1.54, 1.807) is 0 Å². The molecule has 1 saturated carbocycles. The topological polar surface area (TPSA) is 29.9 Å².